The van der Waals surface area contributed by atoms with Gasteiger partial charge in [0.2, 0.25) is 5.91 Å². The number of rotatable bonds is 11. The first kappa shape index (κ1) is 27.7. The van der Waals surface area contributed by atoms with Crippen LogP contribution in [0, 0.1) is 12.3 Å². The van der Waals surface area contributed by atoms with Gasteiger partial charge >= 0.3 is 0 Å². The minimum absolute atomic E-state index is 0.215. The number of anilines is 2. The van der Waals surface area contributed by atoms with Gasteiger partial charge in [-0.3, -0.25) is 19.7 Å². The fourth-order valence-corrected chi connectivity index (χ4v) is 4.12. The lowest BCUT2D eigenvalue weighted by Crippen LogP contribution is -2.27. The topological polar surface area (TPSA) is 101 Å². The minimum atomic E-state index is -0.416. The fourth-order valence-electron chi connectivity index (χ4n) is 3.18. The van der Waals surface area contributed by atoms with Crippen LogP contribution < -0.4 is 15.4 Å². The Bertz CT molecular complexity index is 1320. The van der Waals surface area contributed by atoms with Crippen LogP contribution in [0.1, 0.15) is 36.0 Å². The molecule has 3 amide bonds. The van der Waals surface area contributed by atoms with Crippen LogP contribution >= 0.6 is 22.9 Å². The number of thiazole rings is 1. The van der Waals surface area contributed by atoms with Crippen LogP contribution in [0.15, 0.2) is 47.8 Å². The lowest BCUT2D eigenvalue weighted by atomic mass is 10.1. The van der Waals surface area contributed by atoms with E-state index in [2.05, 4.69) is 21.5 Å². The third kappa shape index (κ3) is 8.07. The van der Waals surface area contributed by atoms with E-state index in [9.17, 15) is 14.4 Å². The summed E-state index contributed by atoms with van der Waals surface area (Å²) in [5, 5.41) is 8.33. The Morgan fingerprint density at radius 3 is 2.65 bits per heavy atom. The van der Waals surface area contributed by atoms with Crippen molar-refractivity contribution in [1.82, 2.24) is 9.88 Å². The van der Waals surface area contributed by atoms with Crippen molar-refractivity contribution < 1.29 is 19.1 Å². The van der Waals surface area contributed by atoms with Crippen molar-refractivity contribution in [3.8, 4) is 29.4 Å². The van der Waals surface area contributed by atoms with Gasteiger partial charge in [0, 0.05) is 48.5 Å². The van der Waals surface area contributed by atoms with Crippen molar-refractivity contribution in [3.05, 3.63) is 58.4 Å². The average molecular weight is 539 g/mol. The number of unbranched alkanes of at least 4 members (excludes halogenated alkanes) is 2. The summed E-state index contributed by atoms with van der Waals surface area (Å²) >= 11 is 7.52. The molecule has 3 aromatic rings. The number of hydrogen-bond donors (Lipinski definition) is 2. The molecule has 0 atom stereocenters. The van der Waals surface area contributed by atoms with E-state index >= 15 is 0 Å². The number of amides is 3. The number of halogens is 1. The number of hydrogen-bond acceptors (Lipinski definition) is 6. The molecule has 10 heteroatoms. The van der Waals surface area contributed by atoms with Crippen LogP contribution in [0.4, 0.5) is 10.8 Å². The Labute approximate surface area is 225 Å². The summed E-state index contributed by atoms with van der Waals surface area (Å²) in [7, 11) is 3.24. The molecule has 0 radical (unpaired) electrons. The Morgan fingerprint density at radius 1 is 1.14 bits per heavy atom. The molecule has 0 aliphatic rings. The molecule has 0 aliphatic heterocycles. The zero-order valence-corrected chi connectivity index (χ0v) is 22.1. The summed E-state index contributed by atoms with van der Waals surface area (Å²) in [5.41, 5.74) is 1.99. The van der Waals surface area contributed by atoms with Crippen LogP contribution in [0.25, 0.3) is 11.3 Å². The van der Waals surface area contributed by atoms with Gasteiger partial charge in [-0.15, -0.1) is 23.7 Å². The molecule has 2 aromatic carbocycles. The summed E-state index contributed by atoms with van der Waals surface area (Å²) in [6.45, 7) is -0.215. The number of carbonyl (C=O) groups excluding carboxylic acids is 3. The second kappa shape index (κ2) is 13.4. The van der Waals surface area contributed by atoms with Gasteiger partial charge in [-0.1, -0.05) is 29.8 Å². The highest BCUT2D eigenvalue weighted by atomic mass is 35.5. The average Bonchev–Trinajstić information content (AvgIpc) is 3.33. The molecule has 3 rings (SSSR count). The van der Waals surface area contributed by atoms with Crippen LogP contribution in [0.3, 0.4) is 0 Å². The summed E-state index contributed by atoms with van der Waals surface area (Å²) < 4.78 is 5.63. The minimum Gasteiger partial charge on any atom is -0.482 e. The number of aromatic nitrogens is 1. The molecule has 1 heterocycles. The Balaban J connectivity index is 1.76. The molecule has 8 nitrogen and oxygen atoms in total. The number of likely N-dealkylation sites (N-methyl/N-ethyl adjacent to an activating group) is 1. The molecule has 0 fully saturated rings. The number of nitrogens with one attached hydrogen (secondary N) is 2. The molecule has 0 unspecified atom stereocenters. The van der Waals surface area contributed by atoms with Crippen molar-refractivity contribution in [3.63, 3.8) is 0 Å². The molecular weight excluding hydrogens is 512 g/mol. The van der Waals surface area contributed by atoms with Gasteiger partial charge in [-0.2, -0.15) is 0 Å². The number of ether oxygens (including phenoxy) is 1. The van der Waals surface area contributed by atoms with E-state index in [1.807, 2.05) is 18.2 Å². The highest BCUT2D eigenvalue weighted by Gasteiger charge is 2.16. The second-order valence-corrected chi connectivity index (χ2v) is 9.48. The van der Waals surface area contributed by atoms with E-state index in [1.165, 1.54) is 22.3 Å². The highest BCUT2D eigenvalue weighted by Crippen LogP contribution is 2.31. The van der Waals surface area contributed by atoms with E-state index in [1.54, 1.807) is 37.7 Å². The van der Waals surface area contributed by atoms with E-state index < -0.39 is 5.91 Å². The van der Waals surface area contributed by atoms with Crippen molar-refractivity contribution in [2.75, 3.05) is 31.3 Å². The van der Waals surface area contributed by atoms with Crippen LogP contribution in [0.5, 0.6) is 5.75 Å². The standard InChI is InChI=1S/C27H27ClN4O4S/c1-4-5-6-7-12-24(33)29-21-15-18(13-14-23(21)36-16-25(34)32(2)3)26(35)31-27-30-22(17-37-27)19-10-8-9-11-20(19)28/h1,8-11,13-15,17H,5-7,12,16H2,2-3H3,(H,29,33)(H,30,31,35). The maximum Gasteiger partial charge on any atom is 0.259 e. The maximum absolute atomic E-state index is 13.0. The van der Waals surface area contributed by atoms with Crippen LogP contribution in [-0.2, 0) is 9.59 Å². The lowest BCUT2D eigenvalue weighted by Gasteiger charge is -2.15. The summed E-state index contributed by atoms with van der Waals surface area (Å²) in [6.07, 6.45) is 7.48. The van der Waals surface area contributed by atoms with Gasteiger partial charge in [0.15, 0.2) is 11.7 Å². The number of terminal acetylenes is 1. The van der Waals surface area contributed by atoms with Gasteiger partial charge < -0.3 is 15.0 Å². The summed E-state index contributed by atoms with van der Waals surface area (Å²) in [6, 6.07) is 11.9. The fraction of sp³-hybridized carbons (Fsp3) is 0.259. The molecule has 0 bridgehead atoms. The zero-order valence-electron chi connectivity index (χ0n) is 20.5. The largest absolute Gasteiger partial charge is 0.482 e. The molecule has 37 heavy (non-hydrogen) atoms. The van der Waals surface area contributed by atoms with Crippen molar-refractivity contribution in [2.24, 2.45) is 0 Å². The quantitative estimate of drug-likeness (QED) is 0.254. The van der Waals surface area contributed by atoms with Crippen molar-refractivity contribution >= 4 is 51.5 Å². The number of benzene rings is 2. The van der Waals surface area contributed by atoms with E-state index in [0.29, 0.717) is 28.7 Å². The molecular formula is C27H27ClN4O4S. The second-order valence-electron chi connectivity index (χ2n) is 8.22. The van der Waals surface area contributed by atoms with Gasteiger partial charge in [0.25, 0.3) is 11.8 Å². The predicted octanol–water partition coefficient (Wildman–Crippen LogP) is 5.31. The maximum atomic E-state index is 13.0. The first-order chi connectivity index (χ1) is 17.8. The summed E-state index contributed by atoms with van der Waals surface area (Å²) in [5.74, 6) is 1.92. The molecule has 0 saturated carbocycles. The Kier molecular flexibility index (Phi) is 10.1. The molecule has 0 saturated heterocycles. The number of nitrogens with zero attached hydrogens (tertiary/aromatic N) is 2. The normalized spacial score (nSPS) is 10.3. The highest BCUT2D eigenvalue weighted by molar-refractivity contribution is 7.14. The summed E-state index contributed by atoms with van der Waals surface area (Å²) in [4.78, 5) is 43.3. The molecule has 192 valence electrons. The Hall–Kier alpha value is -3.87. The van der Waals surface area contributed by atoms with Gasteiger partial charge in [0.05, 0.1) is 11.4 Å². The van der Waals surface area contributed by atoms with Crippen molar-refractivity contribution in [1.29, 1.82) is 0 Å². The predicted molar refractivity (Wildman–Crippen MR) is 147 cm³/mol. The molecule has 2 N–H and O–H groups in total. The van der Waals surface area contributed by atoms with E-state index in [0.717, 1.165) is 12.0 Å². The van der Waals surface area contributed by atoms with Crippen LogP contribution in [0.2, 0.25) is 5.02 Å². The monoisotopic (exact) mass is 538 g/mol. The first-order valence-electron chi connectivity index (χ1n) is 11.5. The van der Waals surface area contributed by atoms with Gasteiger partial charge in [-0.25, -0.2) is 4.98 Å². The molecule has 0 spiro atoms. The van der Waals surface area contributed by atoms with Crippen molar-refractivity contribution in [2.45, 2.75) is 25.7 Å². The molecule has 0 aliphatic carbocycles. The lowest BCUT2D eigenvalue weighted by molar-refractivity contribution is -0.130. The zero-order chi connectivity index (χ0) is 26.8. The Morgan fingerprint density at radius 2 is 1.92 bits per heavy atom. The molecule has 1 aromatic heterocycles. The van der Waals surface area contributed by atoms with E-state index in [4.69, 9.17) is 22.8 Å². The van der Waals surface area contributed by atoms with Crippen LogP contribution in [-0.4, -0.2) is 48.3 Å². The van der Waals surface area contributed by atoms with Gasteiger partial charge in [-0.05, 0) is 37.1 Å². The third-order valence-electron chi connectivity index (χ3n) is 5.22. The third-order valence-corrected chi connectivity index (χ3v) is 6.30. The van der Waals surface area contributed by atoms with E-state index in [-0.39, 0.29) is 41.8 Å². The van der Waals surface area contributed by atoms with Gasteiger partial charge in [0.1, 0.15) is 5.75 Å². The first-order valence-corrected chi connectivity index (χ1v) is 12.8. The SMILES string of the molecule is C#CCCCCC(=O)Nc1cc(C(=O)Nc2nc(-c3ccccc3Cl)cs2)ccc1OCC(=O)N(C)C. The number of carbonyl (C=O) groups is 3. The smallest absolute Gasteiger partial charge is 0.259 e.